The molecule has 0 amide bonds. The summed E-state index contributed by atoms with van der Waals surface area (Å²) in [5.41, 5.74) is -0.940. The number of nitrogens with zero attached hydrogens (tertiary/aromatic N) is 1. The molecule has 1 heterocycles. The van der Waals surface area contributed by atoms with E-state index >= 15 is 0 Å². The molecule has 1 aromatic rings. The van der Waals surface area contributed by atoms with E-state index in [2.05, 4.69) is 9.72 Å². The molecule has 0 unspecified atom stereocenters. The molecule has 0 radical (unpaired) electrons. The highest BCUT2D eigenvalue weighted by molar-refractivity contribution is 14.1. The summed E-state index contributed by atoms with van der Waals surface area (Å²) in [5.74, 6) is -1.67. The average molecular weight is 345 g/mol. The van der Waals surface area contributed by atoms with Crippen LogP contribution in [0.4, 0.5) is 13.2 Å². The summed E-state index contributed by atoms with van der Waals surface area (Å²) in [6.45, 7) is 0. The Kier molecular flexibility index (Phi) is 4.51. The van der Waals surface area contributed by atoms with Gasteiger partial charge in [-0.05, 0) is 22.6 Å². The number of carbonyl (C=O) groups excluding carboxylic acids is 1. The molecule has 0 spiro atoms. The lowest BCUT2D eigenvalue weighted by molar-refractivity contribution is -0.139. The summed E-state index contributed by atoms with van der Waals surface area (Å²) < 4.78 is 42.8. The van der Waals surface area contributed by atoms with Gasteiger partial charge in [0.2, 0.25) is 0 Å². The minimum absolute atomic E-state index is 0.0547. The summed E-state index contributed by atoms with van der Waals surface area (Å²) in [4.78, 5) is 14.4. The number of hydrogen-bond acceptors (Lipinski definition) is 3. The molecule has 0 bridgehead atoms. The fourth-order valence-electron chi connectivity index (χ4n) is 1.10. The number of aromatic nitrogens is 1. The van der Waals surface area contributed by atoms with Crippen LogP contribution in [0.3, 0.4) is 0 Å². The Morgan fingerprint density at radius 1 is 1.62 bits per heavy atom. The Morgan fingerprint density at radius 3 is 2.75 bits per heavy atom. The van der Waals surface area contributed by atoms with Gasteiger partial charge >= 0.3 is 5.97 Å². The monoisotopic (exact) mass is 345 g/mol. The van der Waals surface area contributed by atoms with Crippen molar-refractivity contribution in [2.75, 3.05) is 7.11 Å². The molecule has 7 heteroatoms. The van der Waals surface area contributed by atoms with Gasteiger partial charge in [-0.2, -0.15) is 0 Å². The number of carbonyl (C=O) groups is 1. The first kappa shape index (κ1) is 13.2. The SMILES string of the molecule is COC(=O)Cc1c(C(F)F)cnc(I)c1F. The molecule has 0 N–H and O–H groups in total. The first-order valence-electron chi connectivity index (χ1n) is 4.15. The quantitative estimate of drug-likeness (QED) is 0.480. The van der Waals surface area contributed by atoms with Crippen LogP contribution in [-0.2, 0) is 16.0 Å². The van der Waals surface area contributed by atoms with Crippen LogP contribution in [0.25, 0.3) is 0 Å². The second-order valence-electron chi connectivity index (χ2n) is 2.85. The molecule has 0 fully saturated rings. The minimum Gasteiger partial charge on any atom is -0.469 e. The number of methoxy groups -OCH3 is 1. The van der Waals surface area contributed by atoms with Gasteiger partial charge in [-0.15, -0.1) is 0 Å². The van der Waals surface area contributed by atoms with Gasteiger partial charge in [0, 0.05) is 17.3 Å². The first-order valence-corrected chi connectivity index (χ1v) is 5.23. The van der Waals surface area contributed by atoms with Crippen LogP contribution in [0, 0.1) is 9.52 Å². The van der Waals surface area contributed by atoms with E-state index in [0.29, 0.717) is 0 Å². The Hall–Kier alpha value is -0.860. The summed E-state index contributed by atoms with van der Waals surface area (Å²) >= 11 is 1.57. The maximum atomic E-state index is 13.5. The topological polar surface area (TPSA) is 39.2 Å². The van der Waals surface area contributed by atoms with E-state index in [1.54, 1.807) is 22.6 Å². The fourth-order valence-corrected chi connectivity index (χ4v) is 1.56. The lowest BCUT2D eigenvalue weighted by Crippen LogP contribution is -2.11. The normalized spacial score (nSPS) is 10.6. The van der Waals surface area contributed by atoms with E-state index in [0.717, 1.165) is 13.3 Å². The minimum atomic E-state index is -2.88. The van der Waals surface area contributed by atoms with Gasteiger partial charge in [0.05, 0.1) is 13.5 Å². The lowest BCUT2D eigenvalue weighted by atomic mass is 10.1. The number of esters is 1. The third kappa shape index (κ3) is 2.83. The van der Waals surface area contributed by atoms with Crippen molar-refractivity contribution >= 4 is 28.6 Å². The zero-order valence-corrected chi connectivity index (χ0v) is 10.3. The fraction of sp³-hybridized carbons (Fsp3) is 0.333. The van der Waals surface area contributed by atoms with Gasteiger partial charge in [-0.3, -0.25) is 4.79 Å². The highest BCUT2D eigenvalue weighted by atomic mass is 127. The van der Waals surface area contributed by atoms with Crippen molar-refractivity contribution in [2.45, 2.75) is 12.8 Å². The highest BCUT2D eigenvalue weighted by Crippen LogP contribution is 2.26. The van der Waals surface area contributed by atoms with Crippen molar-refractivity contribution in [3.05, 3.63) is 26.8 Å². The molecular weight excluding hydrogens is 338 g/mol. The van der Waals surface area contributed by atoms with E-state index in [1.807, 2.05) is 0 Å². The first-order chi connectivity index (χ1) is 7.47. The molecule has 0 atom stereocenters. The van der Waals surface area contributed by atoms with Gasteiger partial charge in [-0.1, -0.05) is 0 Å². The van der Waals surface area contributed by atoms with Crippen molar-refractivity contribution in [2.24, 2.45) is 0 Å². The molecule has 0 saturated carbocycles. The van der Waals surface area contributed by atoms with Gasteiger partial charge in [0.1, 0.15) is 3.70 Å². The second-order valence-corrected chi connectivity index (χ2v) is 3.87. The number of alkyl halides is 2. The summed E-state index contributed by atoms with van der Waals surface area (Å²) in [6.07, 6.45) is -2.53. The molecule has 3 nitrogen and oxygen atoms in total. The average Bonchev–Trinajstić information content (AvgIpc) is 2.24. The van der Waals surface area contributed by atoms with E-state index in [-0.39, 0.29) is 9.26 Å². The third-order valence-electron chi connectivity index (χ3n) is 1.90. The molecule has 16 heavy (non-hydrogen) atoms. The van der Waals surface area contributed by atoms with Crippen LogP contribution < -0.4 is 0 Å². The van der Waals surface area contributed by atoms with E-state index in [4.69, 9.17) is 0 Å². The van der Waals surface area contributed by atoms with Gasteiger partial charge < -0.3 is 4.74 Å². The van der Waals surface area contributed by atoms with Crippen LogP contribution in [0.5, 0.6) is 0 Å². The Bertz CT molecular complexity index is 412. The Balaban J connectivity index is 3.20. The second kappa shape index (κ2) is 5.46. The third-order valence-corrected chi connectivity index (χ3v) is 2.65. The molecule has 1 rings (SSSR count). The molecule has 0 saturated heterocycles. The summed E-state index contributed by atoms with van der Waals surface area (Å²) in [6, 6.07) is 0. The van der Waals surface area contributed by atoms with Crippen molar-refractivity contribution in [3.8, 4) is 0 Å². The maximum absolute atomic E-state index is 13.5. The molecular formula is C9H7F3INO2. The van der Waals surface area contributed by atoms with Crippen molar-refractivity contribution in [1.82, 2.24) is 4.98 Å². The van der Waals surface area contributed by atoms with Crippen LogP contribution in [0.15, 0.2) is 6.20 Å². The van der Waals surface area contributed by atoms with Crippen molar-refractivity contribution in [1.29, 1.82) is 0 Å². The van der Waals surface area contributed by atoms with Crippen LogP contribution in [-0.4, -0.2) is 18.1 Å². The van der Waals surface area contributed by atoms with E-state index in [9.17, 15) is 18.0 Å². The number of pyridine rings is 1. The lowest BCUT2D eigenvalue weighted by Gasteiger charge is -2.09. The van der Waals surface area contributed by atoms with Gasteiger partial charge in [0.15, 0.2) is 5.82 Å². The van der Waals surface area contributed by atoms with Gasteiger partial charge in [-0.25, -0.2) is 18.2 Å². The maximum Gasteiger partial charge on any atom is 0.310 e. The smallest absolute Gasteiger partial charge is 0.310 e. The predicted molar refractivity (Wildman–Crippen MR) is 57.6 cm³/mol. The summed E-state index contributed by atoms with van der Waals surface area (Å²) in [7, 11) is 1.11. The van der Waals surface area contributed by atoms with Crippen LogP contribution in [0.1, 0.15) is 17.6 Å². The molecule has 0 aromatic carbocycles. The zero-order valence-electron chi connectivity index (χ0n) is 8.14. The van der Waals surface area contributed by atoms with Crippen molar-refractivity contribution < 1.29 is 22.7 Å². The van der Waals surface area contributed by atoms with E-state index in [1.165, 1.54) is 0 Å². The Labute approximate surface area is 103 Å². The molecule has 0 aliphatic rings. The molecule has 88 valence electrons. The number of hydrogen-bond donors (Lipinski definition) is 0. The van der Waals surface area contributed by atoms with Crippen molar-refractivity contribution in [3.63, 3.8) is 0 Å². The summed E-state index contributed by atoms with van der Waals surface area (Å²) in [5, 5.41) is 0. The van der Waals surface area contributed by atoms with Gasteiger partial charge in [0.25, 0.3) is 6.43 Å². The number of rotatable bonds is 3. The molecule has 0 aliphatic heterocycles. The van der Waals surface area contributed by atoms with Crippen LogP contribution >= 0.6 is 22.6 Å². The van der Waals surface area contributed by atoms with E-state index < -0.39 is 30.2 Å². The zero-order chi connectivity index (χ0) is 12.3. The Morgan fingerprint density at radius 2 is 2.25 bits per heavy atom. The predicted octanol–water partition coefficient (Wildman–Crippen LogP) is 2.48. The van der Waals surface area contributed by atoms with Crippen LogP contribution in [0.2, 0.25) is 0 Å². The number of halogens is 4. The molecule has 0 aliphatic carbocycles. The molecule has 1 aromatic heterocycles. The standard InChI is InChI=1S/C9H7F3INO2/c1-16-6(15)2-4-5(8(11)12)3-14-9(13)7(4)10/h3,8H,2H2,1H3. The number of ether oxygens (including phenoxy) is 1. The highest BCUT2D eigenvalue weighted by Gasteiger charge is 2.21. The largest absolute Gasteiger partial charge is 0.469 e.